The van der Waals surface area contributed by atoms with Gasteiger partial charge in [-0.2, -0.15) is 0 Å². The zero-order valence-corrected chi connectivity index (χ0v) is 11.7. The first-order valence-electron chi connectivity index (χ1n) is 5.59. The van der Waals surface area contributed by atoms with Gasteiger partial charge < -0.3 is 5.32 Å². The Balaban J connectivity index is 1.94. The Kier molecular flexibility index (Phi) is 4.52. The molecule has 20 heavy (non-hydrogen) atoms. The molecule has 0 aliphatic heterocycles. The van der Waals surface area contributed by atoms with Crippen LogP contribution in [0.1, 0.15) is 0 Å². The van der Waals surface area contributed by atoms with Crippen LogP contribution in [0.15, 0.2) is 46.9 Å². The second kappa shape index (κ2) is 6.33. The maximum atomic E-state index is 13.3. The first kappa shape index (κ1) is 14.3. The van der Waals surface area contributed by atoms with E-state index in [9.17, 15) is 13.6 Å². The lowest BCUT2D eigenvalue weighted by Crippen LogP contribution is -2.33. The first-order valence-corrected chi connectivity index (χ1v) is 6.38. The van der Waals surface area contributed by atoms with Gasteiger partial charge in [0.2, 0.25) is 0 Å². The highest BCUT2D eigenvalue weighted by Gasteiger charge is 2.06. The summed E-state index contributed by atoms with van der Waals surface area (Å²) in [6.07, 6.45) is 0. The van der Waals surface area contributed by atoms with Gasteiger partial charge in [-0.25, -0.2) is 13.6 Å². The largest absolute Gasteiger partial charge is 0.337 e. The summed E-state index contributed by atoms with van der Waals surface area (Å²) in [5.41, 5.74) is 5.43. The van der Waals surface area contributed by atoms with E-state index in [1.165, 1.54) is 36.4 Å². The van der Waals surface area contributed by atoms with Crippen LogP contribution in [-0.4, -0.2) is 6.03 Å². The first-order chi connectivity index (χ1) is 9.56. The van der Waals surface area contributed by atoms with Crippen molar-refractivity contribution in [3.8, 4) is 0 Å². The number of rotatable bonds is 3. The van der Waals surface area contributed by atoms with Crippen LogP contribution < -0.4 is 16.2 Å². The van der Waals surface area contributed by atoms with E-state index in [1.807, 2.05) is 0 Å². The molecule has 0 fully saturated rings. The van der Waals surface area contributed by atoms with Crippen LogP contribution >= 0.6 is 15.9 Å². The van der Waals surface area contributed by atoms with Crippen molar-refractivity contribution in [1.82, 2.24) is 5.43 Å². The summed E-state index contributed by atoms with van der Waals surface area (Å²) in [6.45, 7) is 0. The van der Waals surface area contributed by atoms with Crippen LogP contribution in [0.4, 0.5) is 25.0 Å². The van der Waals surface area contributed by atoms with Crippen LogP contribution in [0, 0.1) is 11.6 Å². The molecule has 104 valence electrons. The van der Waals surface area contributed by atoms with Gasteiger partial charge in [0.05, 0.1) is 11.4 Å². The molecule has 2 aromatic carbocycles. The molecule has 0 aromatic heterocycles. The third kappa shape index (κ3) is 3.67. The number of carbonyl (C=O) groups excluding carboxylic acids is 1. The second-order valence-corrected chi connectivity index (χ2v) is 4.66. The quantitative estimate of drug-likeness (QED) is 0.742. The molecule has 0 aliphatic rings. The highest BCUT2D eigenvalue weighted by Crippen LogP contribution is 2.22. The van der Waals surface area contributed by atoms with E-state index in [0.717, 1.165) is 0 Å². The topological polar surface area (TPSA) is 53.2 Å². The van der Waals surface area contributed by atoms with Crippen LogP contribution in [0.5, 0.6) is 0 Å². The lowest BCUT2D eigenvalue weighted by atomic mass is 10.3. The molecule has 0 radical (unpaired) electrons. The number of para-hydroxylation sites is 1. The monoisotopic (exact) mass is 341 g/mol. The molecule has 3 N–H and O–H groups in total. The second-order valence-electron chi connectivity index (χ2n) is 3.81. The van der Waals surface area contributed by atoms with Crippen LogP contribution in [-0.2, 0) is 0 Å². The molecule has 0 unspecified atom stereocenters. The Morgan fingerprint density at radius 2 is 1.80 bits per heavy atom. The van der Waals surface area contributed by atoms with E-state index in [-0.39, 0.29) is 5.69 Å². The zero-order chi connectivity index (χ0) is 14.5. The summed E-state index contributed by atoms with van der Waals surface area (Å²) in [5.74, 6) is -0.941. The number of hydrazine groups is 1. The van der Waals surface area contributed by atoms with Crippen molar-refractivity contribution in [2.75, 3.05) is 10.7 Å². The van der Waals surface area contributed by atoms with Crippen molar-refractivity contribution in [2.45, 2.75) is 0 Å². The van der Waals surface area contributed by atoms with Gasteiger partial charge in [0.1, 0.15) is 11.6 Å². The van der Waals surface area contributed by atoms with Crippen molar-refractivity contribution >= 4 is 33.3 Å². The summed E-state index contributed by atoms with van der Waals surface area (Å²) in [7, 11) is 0. The average molecular weight is 342 g/mol. The molecule has 0 bridgehead atoms. The van der Waals surface area contributed by atoms with Crippen molar-refractivity contribution in [3.63, 3.8) is 0 Å². The predicted molar refractivity (Wildman–Crippen MR) is 76.3 cm³/mol. The van der Waals surface area contributed by atoms with Gasteiger partial charge in [-0.1, -0.05) is 12.1 Å². The van der Waals surface area contributed by atoms with E-state index in [0.29, 0.717) is 10.2 Å². The Morgan fingerprint density at radius 1 is 1.05 bits per heavy atom. The fourth-order valence-corrected chi connectivity index (χ4v) is 1.88. The number of benzene rings is 2. The summed E-state index contributed by atoms with van der Waals surface area (Å²) in [4.78, 5) is 11.6. The fourth-order valence-electron chi connectivity index (χ4n) is 1.43. The van der Waals surface area contributed by atoms with Crippen molar-refractivity contribution in [2.24, 2.45) is 0 Å². The van der Waals surface area contributed by atoms with Crippen LogP contribution in [0.2, 0.25) is 0 Å². The van der Waals surface area contributed by atoms with E-state index < -0.39 is 17.7 Å². The Bertz CT molecular complexity index is 637. The molecule has 4 nitrogen and oxygen atoms in total. The number of halogens is 3. The molecule has 0 aliphatic carbocycles. The highest BCUT2D eigenvalue weighted by atomic mass is 79.9. The molecule has 0 saturated carbocycles. The minimum Gasteiger partial charge on any atom is -0.304 e. The van der Waals surface area contributed by atoms with Crippen LogP contribution in [0.3, 0.4) is 0 Å². The van der Waals surface area contributed by atoms with Gasteiger partial charge in [0, 0.05) is 4.47 Å². The number of urea groups is 1. The van der Waals surface area contributed by atoms with E-state index in [2.05, 4.69) is 32.1 Å². The molecule has 2 rings (SSSR count). The van der Waals surface area contributed by atoms with Crippen molar-refractivity contribution in [3.05, 3.63) is 58.6 Å². The molecule has 0 spiro atoms. The number of anilines is 2. The standard InChI is InChI=1S/C13H10BrF2N3O/c14-9-7-8(15)5-6-11(9)18-19-13(20)17-12-4-2-1-3-10(12)16/h1-7,18H,(H2,17,19,20). The smallest absolute Gasteiger partial charge is 0.304 e. The highest BCUT2D eigenvalue weighted by molar-refractivity contribution is 9.10. The number of hydrogen-bond donors (Lipinski definition) is 3. The summed E-state index contributed by atoms with van der Waals surface area (Å²) in [5, 5.41) is 2.33. The Morgan fingerprint density at radius 3 is 2.50 bits per heavy atom. The summed E-state index contributed by atoms with van der Waals surface area (Å²) < 4.78 is 26.6. The van der Waals surface area contributed by atoms with Crippen LogP contribution in [0.25, 0.3) is 0 Å². The predicted octanol–water partition coefficient (Wildman–Crippen LogP) is 3.88. The maximum absolute atomic E-state index is 13.3. The Hall–Kier alpha value is -2.15. The third-order valence-corrected chi connectivity index (χ3v) is 3.02. The Labute approximate surface area is 122 Å². The molecular weight excluding hydrogens is 332 g/mol. The van der Waals surface area contributed by atoms with E-state index >= 15 is 0 Å². The minimum absolute atomic E-state index is 0.0602. The minimum atomic E-state index is -0.647. The van der Waals surface area contributed by atoms with Crippen molar-refractivity contribution in [1.29, 1.82) is 0 Å². The SMILES string of the molecule is O=C(NNc1ccc(F)cc1Br)Nc1ccccc1F. The van der Waals surface area contributed by atoms with Gasteiger partial charge in [0.25, 0.3) is 0 Å². The number of nitrogens with one attached hydrogen (secondary N) is 3. The molecule has 0 atom stereocenters. The molecule has 2 amide bonds. The molecule has 0 saturated heterocycles. The van der Waals surface area contributed by atoms with Gasteiger partial charge in [-0.15, -0.1) is 0 Å². The van der Waals surface area contributed by atoms with E-state index in [1.54, 1.807) is 6.07 Å². The van der Waals surface area contributed by atoms with E-state index in [4.69, 9.17) is 0 Å². The molecule has 2 aromatic rings. The van der Waals surface area contributed by atoms with Crippen molar-refractivity contribution < 1.29 is 13.6 Å². The number of hydrogen-bond acceptors (Lipinski definition) is 2. The molecule has 7 heteroatoms. The van der Waals surface area contributed by atoms with Gasteiger partial charge in [0.15, 0.2) is 0 Å². The molecule has 0 heterocycles. The van der Waals surface area contributed by atoms with Gasteiger partial charge in [-0.3, -0.25) is 10.9 Å². The normalized spacial score (nSPS) is 9.95. The molecular formula is C13H10BrF2N3O. The fraction of sp³-hybridized carbons (Fsp3) is 0. The lowest BCUT2D eigenvalue weighted by Gasteiger charge is -2.11. The van der Waals surface area contributed by atoms with Gasteiger partial charge >= 0.3 is 6.03 Å². The zero-order valence-electron chi connectivity index (χ0n) is 10.1. The average Bonchev–Trinajstić information content (AvgIpc) is 2.40. The third-order valence-electron chi connectivity index (χ3n) is 2.36. The van der Waals surface area contributed by atoms with Gasteiger partial charge in [-0.05, 0) is 46.3 Å². The number of carbonyl (C=O) groups is 1. The lowest BCUT2D eigenvalue weighted by molar-refractivity contribution is 0.253. The summed E-state index contributed by atoms with van der Waals surface area (Å²) >= 11 is 3.14. The maximum Gasteiger partial charge on any atom is 0.337 e. The summed E-state index contributed by atoms with van der Waals surface area (Å²) in [6, 6.07) is 9.08. The number of amides is 2.